The third kappa shape index (κ3) is 3.31. The summed E-state index contributed by atoms with van der Waals surface area (Å²) in [6.45, 7) is 5.88. The number of aromatic hydroxyl groups is 1. The predicted octanol–water partition coefficient (Wildman–Crippen LogP) is 3.36. The highest BCUT2D eigenvalue weighted by Gasteiger charge is 2.13. The van der Waals surface area contributed by atoms with Crippen molar-refractivity contribution in [3.63, 3.8) is 0 Å². The van der Waals surface area contributed by atoms with Gasteiger partial charge in [-0.2, -0.15) is 0 Å². The van der Waals surface area contributed by atoms with Crippen molar-refractivity contribution < 1.29 is 5.11 Å². The van der Waals surface area contributed by atoms with Crippen LogP contribution in [0.25, 0.3) is 11.4 Å². The van der Waals surface area contributed by atoms with Gasteiger partial charge in [-0.05, 0) is 32.9 Å². The van der Waals surface area contributed by atoms with Gasteiger partial charge in [0.2, 0.25) is 0 Å². The SMILES string of the molecule is Cc1cc(NC(C)c2ncc(C)[nH]2)nc(-c2ccccc2O)n1. The Hall–Kier alpha value is -2.89. The number of imidazole rings is 1. The summed E-state index contributed by atoms with van der Waals surface area (Å²) in [5, 5.41) is 13.3. The van der Waals surface area contributed by atoms with Gasteiger partial charge in [0.25, 0.3) is 0 Å². The molecule has 0 aliphatic heterocycles. The highest BCUT2D eigenvalue weighted by Crippen LogP contribution is 2.27. The topological polar surface area (TPSA) is 86.7 Å². The van der Waals surface area contributed by atoms with Crippen molar-refractivity contribution in [1.82, 2.24) is 19.9 Å². The van der Waals surface area contributed by atoms with Gasteiger partial charge in [0, 0.05) is 23.7 Å². The van der Waals surface area contributed by atoms with Gasteiger partial charge in [0.15, 0.2) is 5.82 Å². The second-order valence-electron chi connectivity index (χ2n) is 5.55. The van der Waals surface area contributed by atoms with Crippen LogP contribution in [0.3, 0.4) is 0 Å². The molecule has 2 heterocycles. The fourth-order valence-electron chi connectivity index (χ4n) is 2.37. The van der Waals surface area contributed by atoms with E-state index in [2.05, 4.69) is 25.3 Å². The second kappa shape index (κ2) is 6.08. The van der Waals surface area contributed by atoms with Crippen LogP contribution in [0.5, 0.6) is 5.75 Å². The largest absolute Gasteiger partial charge is 0.507 e. The van der Waals surface area contributed by atoms with Crippen LogP contribution in [0.2, 0.25) is 0 Å². The van der Waals surface area contributed by atoms with Crippen LogP contribution in [0.15, 0.2) is 36.5 Å². The molecule has 0 bridgehead atoms. The van der Waals surface area contributed by atoms with Gasteiger partial charge in [-0.25, -0.2) is 15.0 Å². The zero-order valence-corrected chi connectivity index (χ0v) is 13.3. The molecule has 0 fully saturated rings. The lowest BCUT2D eigenvalue weighted by Gasteiger charge is -2.14. The number of rotatable bonds is 4. The molecular formula is C17H19N5O. The minimum Gasteiger partial charge on any atom is -0.507 e. The maximum atomic E-state index is 9.99. The average molecular weight is 309 g/mol. The number of phenolic OH excluding ortho intramolecular Hbond substituents is 1. The first kappa shape index (κ1) is 15.0. The fraction of sp³-hybridized carbons (Fsp3) is 0.235. The highest BCUT2D eigenvalue weighted by atomic mass is 16.3. The number of H-pyrrole nitrogens is 1. The number of para-hydroxylation sites is 1. The standard InChI is InChI=1S/C17H19N5O/c1-10-8-15(21-12(3)16-18-9-11(2)20-16)22-17(19-10)13-6-4-5-7-14(13)23/h4-9,12,23H,1-3H3,(H,18,20)(H,19,21,22). The lowest BCUT2D eigenvalue weighted by Crippen LogP contribution is -2.10. The molecule has 3 aromatic rings. The molecular weight excluding hydrogens is 290 g/mol. The fourth-order valence-corrected chi connectivity index (χ4v) is 2.37. The zero-order valence-electron chi connectivity index (χ0n) is 13.3. The Labute approximate surface area is 134 Å². The summed E-state index contributed by atoms with van der Waals surface area (Å²) >= 11 is 0. The van der Waals surface area contributed by atoms with E-state index in [1.54, 1.807) is 24.4 Å². The molecule has 3 N–H and O–H groups in total. The van der Waals surface area contributed by atoms with E-state index in [1.165, 1.54) is 0 Å². The Balaban J connectivity index is 1.90. The van der Waals surface area contributed by atoms with E-state index in [1.807, 2.05) is 32.9 Å². The van der Waals surface area contributed by atoms with Crippen LogP contribution in [0.1, 0.15) is 30.2 Å². The van der Waals surface area contributed by atoms with Crippen molar-refractivity contribution in [2.45, 2.75) is 26.8 Å². The number of benzene rings is 1. The van der Waals surface area contributed by atoms with Gasteiger partial charge < -0.3 is 15.4 Å². The van der Waals surface area contributed by atoms with E-state index >= 15 is 0 Å². The van der Waals surface area contributed by atoms with Gasteiger partial charge in [-0.3, -0.25) is 0 Å². The summed E-state index contributed by atoms with van der Waals surface area (Å²) in [6, 6.07) is 8.90. The Morgan fingerprint density at radius 1 is 1.17 bits per heavy atom. The minimum absolute atomic E-state index is 0.0183. The molecule has 1 unspecified atom stereocenters. The first-order valence-corrected chi connectivity index (χ1v) is 7.45. The quantitative estimate of drug-likeness (QED) is 0.688. The van der Waals surface area contributed by atoms with E-state index in [4.69, 9.17) is 0 Å². The monoisotopic (exact) mass is 309 g/mol. The number of hydrogen-bond acceptors (Lipinski definition) is 5. The van der Waals surface area contributed by atoms with Crippen molar-refractivity contribution in [3.05, 3.63) is 53.7 Å². The number of nitrogens with one attached hydrogen (secondary N) is 2. The van der Waals surface area contributed by atoms with Crippen LogP contribution in [-0.4, -0.2) is 25.0 Å². The van der Waals surface area contributed by atoms with Crippen molar-refractivity contribution in [2.75, 3.05) is 5.32 Å². The van der Waals surface area contributed by atoms with Gasteiger partial charge in [0.1, 0.15) is 17.4 Å². The molecule has 6 heteroatoms. The lowest BCUT2D eigenvalue weighted by atomic mass is 10.2. The molecule has 3 rings (SSSR count). The summed E-state index contributed by atoms with van der Waals surface area (Å²) in [4.78, 5) is 16.5. The number of aromatic amines is 1. The Bertz CT molecular complexity index is 827. The van der Waals surface area contributed by atoms with Crippen molar-refractivity contribution in [2.24, 2.45) is 0 Å². The number of aromatic nitrogens is 4. The van der Waals surface area contributed by atoms with Crippen LogP contribution < -0.4 is 5.32 Å². The van der Waals surface area contributed by atoms with E-state index in [0.717, 1.165) is 17.2 Å². The maximum Gasteiger partial charge on any atom is 0.165 e. The summed E-state index contributed by atoms with van der Waals surface area (Å²) in [5.41, 5.74) is 2.45. The van der Waals surface area contributed by atoms with Crippen LogP contribution in [0, 0.1) is 13.8 Å². The van der Waals surface area contributed by atoms with Crippen LogP contribution >= 0.6 is 0 Å². The lowest BCUT2D eigenvalue weighted by molar-refractivity contribution is 0.477. The maximum absolute atomic E-state index is 9.99. The molecule has 0 amide bonds. The number of phenols is 1. The molecule has 0 saturated heterocycles. The molecule has 0 aliphatic carbocycles. The third-order valence-electron chi connectivity index (χ3n) is 3.50. The average Bonchev–Trinajstić information content (AvgIpc) is 2.94. The molecule has 0 spiro atoms. The van der Waals surface area contributed by atoms with E-state index in [9.17, 15) is 5.11 Å². The van der Waals surface area contributed by atoms with Crippen molar-refractivity contribution >= 4 is 5.82 Å². The summed E-state index contributed by atoms with van der Waals surface area (Å²) in [5.74, 6) is 2.20. The Morgan fingerprint density at radius 3 is 2.65 bits per heavy atom. The van der Waals surface area contributed by atoms with E-state index in [-0.39, 0.29) is 11.8 Å². The number of hydrogen-bond donors (Lipinski definition) is 3. The Morgan fingerprint density at radius 2 is 1.96 bits per heavy atom. The first-order valence-electron chi connectivity index (χ1n) is 7.45. The molecule has 0 radical (unpaired) electrons. The summed E-state index contributed by atoms with van der Waals surface area (Å²) in [6.07, 6.45) is 1.80. The van der Waals surface area contributed by atoms with Gasteiger partial charge >= 0.3 is 0 Å². The molecule has 6 nitrogen and oxygen atoms in total. The molecule has 2 aromatic heterocycles. The van der Waals surface area contributed by atoms with Crippen LogP contribution in [0.4, 0.5) is 5.82 Å². The highest BCUT2D eigenvalue weighted by molar-refractivity contribution is 5.64. The molecule has 1 aromatic carbocycles. The Kier molecular flexibility index (Phi) is 3.97. The minimum atomic E-state index is -0.0183. The smallest absolute Gasteiger partial charge is 0.165 e. The third-order valence-corrected chi connectivity index (χ3v) is 3.50. The number of nitrogens with zero attached hydrogens (tertiary/aromatic N) is 3. The van der Waals surface area contributed by atoms with E-state index in [0.29, 0.717) is 17.2 Å². The number of aryl methyl sites for hydroxylation is 2. The second-order valence-corrected chi connectivity index (χ2v) is 5.55. The summed E-state index contributed by atoms with van der Waals surface area (Å²) in [7, 11) is 0. The molecule has 0 saturated carbocycles. The van der Waals surface area contributed by atoms with Crippen LogP contribution in [-0.2, 0) is 0 Å². The molecule has 118 valence electrons. The van der Waals surface area contributed by atoms with E-state index < -0.39 is 0 Å². The first-order chi connectivity index (χ1) is 11.0. The van der Waals surface area contributed by atoms with Gasteiger partial charge in [-0.15, -0.1) is 0 Å². The summed E-state index contributed by atoms with van der Waals surface area (Å²) < 4.78 is 0. The van der Waals surface area contributed by atoms with Crippen molar-refractivity contribution in [1.29, 1.82) is 0 Å². The molecule has 0 aliphatic rings. The van der Waals surface area contributed by atoms with Crippen molar-refractivity contribution in [3.8, 4) is 17.1 Å². The predicted molar refractivity (Wildman–Crippen MR) is 89.2 cm³/mol. The number of anilines is 1. The molecule has 1 atom stereocenters. The van der Waals surface area contributed by atoms with Gasteiger partial charge in [0.05, 0.1) is 11.6 Å². The normalized spacial score (nSPS) is 12.1. The molecule has 23 heavy (non-hydrogen) atoms. The zero-order chi connectivity index (χ0) is 16.4. The van der Waals surface area contributed by atoms with Gasteiger partial charge in [-0.1, -0.05) is 12.1 Å².